The van der Waals surface area contributed by atoms with Gasteiger partial charge < -0.3 is 24.5 Å². The summed E-state index contributed by atoms with van der Waals surface area (Å²) in [6.07, 6.45) is 3.99. The zero-order valence-electron chi connectivity index (χ0n) is 17.2. The van der Waals surface area contributed by atoms with Gasteiger partial charge in [-0.05, 0) is 13.3 Å². The molecule has 0 atom stereocenters. The highest BCUT2D eigenvalue weighted by Crippen LogP contribution is 2.20. The minimum Gasteiger partial charge on any atom is -0.439 e. The Morgan fingerprint density at radius 1 is 1.07 bits per heavy atom. The first-order chi connectivity index (χ1) is 13.7. The third-order valence-corrected chi connectivity index (χ3v) is 4.07. The van der Waals surface area contributed by atoms with Gasteiger partial charge in [-0.15, -0.1) is 0 Å². The number of nitrogens with one attached hydrogen (secondary N) is 2. The van der Waals surface area contributed by atoms with E-state index in [4.69, 9.17) is 13.9 Å². The first-order valence-electron chi connectivity index (χ1n) is 9.84. The smallest absolute Gasteiger partial charge is 0.214 e. The Labute approximate surface area is 167 Å². The van der Waals surface area contributed by atoms with E-state index in [1.165, 1.54) is 5.56 Å². The first kappa shape index (κ1) is 21.9. The van der Waals surface area contributed by atoms with Gasteiger partial charge in [-0.25, -0.2) is 4.98 Å². The van der Waals surface area contributed by atoms with E-state index in [9.17, 15) is 0 Å². The highest BCUT2D eigenvalue weighted by atomic mass is 16.5. The molecule has 0 fully saturated rings. The van der Waals surface area contributed by atoms with Gasteiger partial charge in [0.25, 0.3) is 0 Å². The first-order valence-corrected chi connectivity index (χ1v) is 9.84. The van der Waals surface area contributed by atoms with Crippen LogP contribution in [0.1, 0.15) is 31.2 Å². The number of unbranched alkanes of at least 4 members (excludes halogenated alkanes) is 1. The van der Waals surface area contributed by atoms with E-state index in [-0.39, 0.29) is 0 Å². The van der Waals surface area contributed by atoms with Crippen molar-refractivity contribution in [1.29, 1.82) is 0 Å². The van der Waals surface area contributed by atoms with Crippen molar-refractivity contribution < 1.29 is 13.9 Å². The topological polar surface area (TPSA) is 80.9 Å². The number of aliphatic imine (C=N–C) groups is 1. The molecule has 7 heteroatoms. The summed E-state index contributed by atoms with van der Waals surface area (Å²) in [5, 5.41) is 6.39. The van der Waals surface area contributed by atoms with Gasteiger partial charge in [0.2, 0.25) is 5.89 Å². The fraction of sp³-hybridized carbons (Fsp3) is 0.524. The van der Waals surface area contributed by atoms with Crippen molar-refractivity contribution in [3.63, 3.8) is 0 Å². The van der Waals surface area contributed by atoms with Gasteiger partial charge in [-0.2, -0.15) is 0 Å². The number of guanidine groups is 1. The van der Waals surface area contributed by atoms with E-state index in [1.54, 1.807) is 13.2 Å². The van der Waals surface area contributed by atoms with Crippen LogP contribution in [0.5, 0.6) is 0 Å². The quantitative estimate of drug-likeness (QED) is 0.330. The third kappa shape index (κ3) is 8.10. The molecule has 0 aliphatic heterocycles. The number of aryl methyl sites for hydroxylation is 1. The van der Waals surface area contributed by atoms with Crippen LogP contribution in [-0.2, 0) is 16.0 Å². The molecule has 2 rings (SSSR count). The second kappa shape index (κ2) is 12.9. The van der Waals surface area contributed by atoms with E-state index in [0.717, 1.165) is 30.8 Å². The molecule has 1 heterocycles. The maximum Gasteiger partial charge on any atom is 0.214 e. The van der Waals surface area contributed by atoms with E-state index in [1.807, 2.05) is 12.1 Å². The van der Waals surface area contributed by atoms with Gasteiger partial charge in [0, 0.05) is 25.8 Å². The molecule has 0 aliphatic rings. The number of nitrogens with zero attached hydrogens (tertiary/aromatic N) is 2. The molecule has 0 unspecified atom stereocenters. The zero-order chi connectivity index (χ0) is 20.0. The van der Waals surface area contributed by atoms with Crippen LogP contribution >= 0.6 is 0 Å². The van der Waals surface area contributed by atoms with Gasteiger partial charge >= 0.3 is 0 Å². The molecule has 0 spiro atoms. The molecule has 0 radical (unpaired) electrons. The van der Waals surface area contributed by atoms with Crippen LogP contribution in [0.25, 0.3) is 11.3 Å². The SMILES string of the molecule is CCCCOCCOCCNC(=NC)NCc1ncc(-c2ccc(C)cc2)o1. The Kier molecular flexibility index (Phi) is 10.1. The second-order valence-corrected chi connectivity index (χ2v) is 6.42. The lowest BCUT2D eigenvalue weighted by atomic mass is 10.1. The fourth-order valence-corrected chi connectivity index (χ4v) is 2.43. The predicted molar refractivity (Wildman–Crippen MR) is 111 cm³/mol. The summed E-state index contributed by atoms with van der Waals surface area (Å²) in [7, 11) is 1.73. The molecule has 1 aromatic carbocycles. The summed E-state index contributed by atoms with van der Waals surface area (Å²) in [4.78, 5) is 8.51. The molecular formula is C21H32N4O3. The molecule has 0 saturated heterocycles. The summed E-state index contributed by atoms with van der Waals surface area (Å²) >= 11 is 0. The van der Waals surface area contributed by atoms with Crippen LogP contribution in [0.3, 0.4) is 0 Å². The number of ether oxygens (including phenoxy) is 2. The van der Waals surface area contributed by atoms with Crippen LogP contribution < -0.4 is 10.6 Å². The van der Waals surface area contributed by atoms with Crippen LogP contribution in [0, 0.1) is 6.92 Å². The predicted octanol–water partition coefficient (Wildman–Crippen LogP) is 3.15. The molecule has 0 bridgehead atoms. The molecule has 0 amide bonds. The van der Waals surface area contributed by atoms with Gasteiger partial charge in [0.05, 0.1) is 32.6 Å². The van der Waals surface area contributed by atoms with Crippen molar-refractivity contribution in [3.8, 4) is 11.3 Å². The molecular weight excluding hydrogens is 356 g/mol. The van der Waals surface area contributed by atoms with Crippen molar-refractivity contribution >= 4 is 5.96 Å². The van der Waals surface area contributed by atoms with Gasteiger partial charge in [-0.1, -0.05) is 43.2 Å². The van der Waals surface area contributed by atoms with Crippen LogP contribution in [-0.4, -0.2) is 51.0 Å². The number of aromatic nitrogens is 1. The largest absolute Gasteiger partial charge is 0.439 e. The van der Waals surface area contributed by atoms with E-state index in [2.05, 4.69) is 46.6 Å². The summed E-state index contributed by atoms with van der Waals surface area (Å²) < 4.78 is 16.8. The highest BCUT2D eigenvalue weighted by Gasteiger charge is 2.07. The normalized spacial score (nSPS) is 11.6. The lowest BCUT2D eigenvalue weighted by Gasteiger charge is -2.11. The van der Waals surface area contributed by atoms with Gasteiger partial charge in [0.1, 0.15) is 0 Å². The molecule has 1 aromatic heterocycles. The lowest BCUT2D eigenvalue weighted by Crippen LogP contribution is -2.38. The van der Waals surface area contributed by atoms with E-state index in [0.29, 0.717) is 44.8 Å². The van der Waals surface area contributed by atoms with Gasteiger partial charge in [0.15, 0.2) is 11.7 Å². The highest BCUT2D eigenvalue weighted by molar-refractivity contribution is 5.79. The maximum absolute atomic E-state index is 5.81. The molecule has 154 valence electrons. The molecule has 0 saturated carbocycles. The zero-order valence-corrected chi connectivity index (χ0v) is 17.2. The maximum atomic E-state index is 5.81. The van der Waals surface area contributed by atoms with Crippen molar-refractivity contribution in [3.05, 3.63) is 41.9 Å². The average molecular weight is 389 g/mol. The summed E-state index contributed by atoms with van der Waals surface area (Å²) in [5.41, 5.74) is 2.23. The molecule has 2 aromatic rings. The molecule has 2 N–H and O–H groups in total. The van der Waals surface area contributed by atoms with Crippen molar-refractivity contribution in [2.45, 2.75) is 33.2 Å². The third-order valence-electron chi connectivity index (χ3n) is 4.07. The van der Waals surface area contributed by atoms with E-state index < -0.39 is 0 Å². The fourth-order valence-electron chi connectivity index (χ4n) is 2.43. The Balaban J connectivity index is 1.62. The standard InChI is InChI=1S/C21H32N4O3/c1-4-5-11-26-13-14-27-12-10-23-21(22-3)25-16-20-24-15-19(28-20)18-8-6-17(2)7-9-18/h6-9,15H,4-5,10-14,16H2,1-3H3,(H2,22,23,25). The molecule has 0 aliphatic carbocycles. The molecule has 7 nitrogen and oxygen atoms in total. The number of hydrogen-bond acceptors (Lipinski definition) is 5. The van der Waals surface area contributed by atoms with Gasteiger partial charge in [-0.3, -0.25) is 4.99 Å². The Hall–Kier alpha value is -2.38. The number of hydrogen-bond donors (Lipinski definition) is 2. The van der Waals surface area contributed by atoms with Crippen molar-refractivity contribution in [2.24, 2.45) is 4.99 Å². The monoisotopic (exact) mass is 388 g/mol. The summed E-state index contributed by atoms with van der Waals surface area (Å²) in [6, 6.07) is 8.17. The van der Waals surface area contributed by atoms with Crippen molar-refractivity contribution in [2.75, 3.05) is 40.0 Å². The van der Waals surface area contributed by atoms with Crippen molar-refractivity contribution in [1.82, 2.24) is 15.6 Å². The number of oxazole rings is 1. The lowest BCUT2D eigenvalue weighted by molar-refractivity contribution is 0.0487. The van der Waals surface area contributed by atoms with Crippen LogP contribution in [0.15, 0.2) is 39.9 Å². The minimum absolute atomic E-state index is 0.456. The summed E-state index contributed by atoms with van der Waals surface area (Å²) in [5.74, 6) is 2.05. The number of benzene rings is 1. The molecule has 28 heavy (non-hydrogen) atoms. The van der Waals surface area contributed by atoms with E-state index >= 15 is 0 Å². The minimum atomic E-state index is 0.456. The van der Waals surface area contributed by atoms with Crippen LogP contribution in [0.2, 0.25) is 0 Å². The average Bonchev–Trinajstić information content (AvgIpc) is 3.18. The number of rotatable bonds is 12. The Morgan fingerprint density at radius 2 is 1.82 bits per heavy atom. The second-order valence-electron chi connectivity index (χ2n) is 6.42. The van der Waals surface area contributed by atoms with Crippen LogP contribution in [0.4, 0.5) is 0 Å². The Bertz CT molecular complexity index is 698. The summed E-state index contributed by atoms with van der Waals surface area (Å²) in [6.45, 7) is 7.97. The Morgan fingerprint density at radius 3 is 2.54 bits per heavy atom.